The molecule has 1 nitrogen and oxygen atoms in total. The zero-order chi connectivity index (χ0) is 11.2. The van der Waals surface area contributed by atoms with Gasteiger partial charge in [0.05, 0.1) is 0 Å². The molecule has 1 heteroatoms. The predicted molar refractivity (Wildman–Crippen MR) is 65.8 cm³/mol. The van der Waals surface area contributed by atoms with Crippen molar-refractivity contribution < 1.29 is 5.11 Å². The van der Waals surface area contributed by atoms with Gasteiger partial charge in [-0.25, -0.2) is 0 Å². The van der Waals surface area contributed by atoms with Gasteiger partial charge in [-0.05, 0) is 35.6 Å². The first-order valence-electron chi connectivity index (χ1n) is 5.61. The molecule has 0 aromatic heterocycles. The lowest BCUT2D eigenvalue weighted by atomic mass is 9.93. The van der Waals surface area contributed by atoms with E-state index in [1.165, 1.54) is 0 Å². The average molecular weight is 210 g/mol. The van der Waals surface area contributed by atoms with Crippen LogP contribution in [-0.4, -0.2) is 5.11 Å². The van der Waals surface area contributed by atoms with Crippen molar-refractivity contribution in [3.8, 4) is 0 Å². The first kappa shape index (κ1) is 9.61. The van der Waals surface area contributed by atoms with Gasteiger partial charge < -0.3 is 5.11 Å². The van der Waals surface area contributed by atoms with Crippen molar-refractivity contribution in [1.29, 1.82) is 0 Å². The zero-order valence-electron chi connectivity index (χ0n) is 9.27. The van der Waals surface area contributed by atoms with Crippen molar-refractivity contribution in [3.63, 3.8) is 0 Å². The number of hydrogen-bond donors (Lipinski definition) is 1. The Kier molecular flexibility index (Phi) is 1.92. The van der Waals surface area contributed by atoms with Crippen LogP contribution < -0.4 is 0 Å². The van der Waals surface area contributed by atoms with Crippen LogP contribution in [0.5, 0.6) is 0 Å². The normalized spacial score (nSPS) is 26.6. The fourth-order valence-electron chi connectivity index (χ4n) is 2.61. The Bertz CT molecular complexity index is 530. The molecular formula is C15H14O. The van der Waals surface area contributed by atoms with Crippen molar-refractivity contribution >= 4 is 5.57 Å². The Hall–Kier alpha value is -1.60. The summed E-state index contributed by atoms with van der Waals surface area (Å²) in [5, 5.41) is 10.6. The van der Waals surface area contributed by atoms with Gasteiger partial charge in [-0.2, -0.15) is 0 Å². The van der Waals surface area contributed by atoms with E-state index in [9.17, 15) is 5.11 Å². The van der Waals surface area contributed by atoms with Gasteiger partial charge in [0.15, 0.2) is 0 Å². The van der Waals surface area contributed by atoms with Gasteiger partial charge in [0.2, 0.25) is 0 Å². The average Bonchev–Trinajstić information content (AvgIpc) is 2.50. The maximum Gasteiger partial charge on any atom is 0.113 e. The van der Waals surface area contributed by atoms with E-state index in [2.05, 4.69) is 30.4 Å². The van der Waals surface area contributed by atoms with E-state index < -0.39 is 5.60 Å². The molecule has 1 N–H and O–H groups in total. The Labute approximate surface area is 95.4 Å². The van der Waals surface area contributed by atoms with E-state index in [0.29, 0.717) is 0 Å². The van der Waals surface area contributed by atoms with Crippen LogP contribution >= 0.6 is 0 Å². The molecule has 0 spiro atoms. The number of fused-ring (bicyclic) bond motifs is 3. The number of benzene rings is 1. The summed E-state index contributed by atoms with van der Waals surface area (Å²) in [6.07, 6.45) is 9.28. The molecule has 0 aliphatic heterocycles. The fraction of sp³-hybridized carbons (Fsp3) is 0.200. The van der Waals surface area contributed by atoms with Crippen molar-refractivity contribution in [3.05, 3.63) is 65.3 Å². The summed E-state index contributed by atoms with van der Waals surface area (Å²) >= 11 is 0. The second-order valence-corrected chi connectivity index (χ2v) is 4.48. The molecule has 0 bridgehead atoms. The van der Waals surface area contributed by atoms with Crippen LogP contribution in [0.4, 0.5) is 0 Å². The third-order valence-corrected chi connectivity index (χ3v) is 3.41. The molecule has 0 fully saturated rings. The molecule has 16 heavy (non-hydrogen) atoms. The molecule has 3 rings (SSSR count). The monoisotopic (exact) mass is 210 g/mol. The Morgan fingerprint density at radius 2 is 2.06 bits per heavy atom. The van der Waals surface area contributed by atoms with Gasteiger partial charge in [0.25, 0.3) is 0 Å². The Morgan fingerprint density at radius 3 is 2.94 bits per heavy atom. The molecule has 80 valence electrons. The molecule has 1 aromatic carbocycles. The second kappa shape index (κ2) is 3.19. The first-order chi connectivity index (χ1) is 7.71. The molecule has 0 heterocycles. The van der Waals surface area contributed by atoms with Gasteiger partial charge in [-0.1, -0.05) is 48.6 Å². The fourth-order valence-corrected chi connectivity index (χ4v) is 2.61. The smallest absolute Gasteiger partial charge is 0.113 e. The van der Waals surface area contributed by atoms with Crippen LogP contribution in [0.2, 0.25) is 0 Å². The number of rotatable bonds is 0. The maximum atomic E-state index is 10.6. The number of aliphatic hydroxyl groups is 1. The Morgan fingerprint density at radius 1 is 1.25 bits per heavy atom. The molecule has 1 aromatic rings. The molecule has 1 atom stereocenters. The summed E-state index contributed by atoms with van der Waals surface area (Å²) in [5.74, 6) is 0. The highest BCUT2D eigenvalue weighted by Gasteiger charge is 2.39. The van der Waals surface area contributed by atoms with Crippen LogP contribution in [-0.2, 0) is 5.60 Å². The lowest BCUT2D eigenvalue weighted by Crippen LogP contribution is -2.19. The first-order valence-corrected chi connectivity index (χ1v) is 5.61. The highest BCUT2D eigenvalue weighted by Crippen LogP contribution is 2.48. The van der Waals surface area contributed by atoms with Gasteiger partial charge in [0, 0.05) is 0 Å². The van der Waals surface area contributed by atoms with E-state index >= 15 is 0 Å². The highest BCUT2D eigenvalue weighted by molar-refractivity contribution is 5.89. The molecular weight excluding hydrogens is 196 g/mol. The molecule has 2 aliphatic carbocycles. The summed E-state index contributed by atoms with van der Waals surface area (Å²) in [4.78, 5) is 0. The molecule has 0 saturated carbocycles. The topological polar surface area (TPSA) is 20.2 Å². The largest absolute Gasteiger partial charge is 0.381 e. The quantitative estimate of drug-likeness (QED) is 0.697. The summed E-state index contributed by atoms with van der Waals surface area (Å²) in [6.45, 7) is 1.88. The van der Waals surface area contributed by atoms with Gasteiger partial charge in [0.1, 0.15) is 5.60 Å². The van der Waals surface area contributed by atoms with E-state index in [1.807, 2.05) is 25.1 Å². The molecule has 0 amide bonds. The van der Waals surface area contributed by atoms with Crippen LogP contribution in [0.25, 0.3) is 5.57 Å². The van der Waals surface area contributed by atoms with Gasteiger partial charge >= 0.3 is 0 Å². The lowest BCUT2D eigenvalue weighted by molar-refractivity contribution is 0.107. The summed E-state index contributed by atoms with van der Waals surface area (Å²) in [5.41, 5.74) is 3.54. The van der Waals surface area contributed by atoms with Crippen LogP contribution in [0.1, 0.15) is 24.5 Å². The van der Waals surface area contributed by atoms with Gasteiger partial charge in [-0.15, -0.1) is 0 Å². The minimum Gasteiger partial charge on any atom is -0.381 e. The van der Waals surface area contributed by atoms with Crippen molar-refractivity contribution in [1.82, 2.24) is 0 Å². The minimum atomic E-state index is -0.839. The van der Waals surface area contributed by atoms with Gasteiger partial charge in [-0.3, -0.25) is 0 Å². The molecule has 0 saturated heterocycles. The minimum absolute atomic E-state index is 0.839. The predicted octanol–water partition coefficient (Wildman–Crippen LogP) is 3.18. The molecule has 2 aliphatic rings. The van der Waals surface area contributed by atoms with Crippen LogP contribution in [0.3, 0.4) is 0 Å². The van der Waals surface area contributed by atoms with E-state index in [1.54, 1.807) is 0 Å². The van der Waals surface area contributed by atoms with E-state index in [0.717, 1.165) is 28.7 Å². The third kappa shape index (κ3) is 1.15. The lowest BCUT2D eigenvalue weighted by Gasteiger charge is -2.20. The van der Waals surface area contributed by atoms with E-state index in [-0.39, 0.29) is 0 Å². The standard InChI is InChI=1S/C15H14O/c1-15(16)13-9-4-2-3-7-11(13)12-8-5-6-10-14(12)15/h2-3,5-10,16H,4H2,1H3. The number of allylic oxidation sites excluding steroid dienone is 4. The van der Waals surface area contributed by atoms with E-state index in [4.69, 9.17) is 0 Å². The molecule has 0 radical (unpaired) electrons. The summed E-state index contributed by atoms with van der Waals surface area (Å²) in [7, 11) is 0. The molecule has 1 unspecified atom stereocenters. The number of hydrogen-bond acceptors (Lipinski definition) is 1. The van der Waals surface area contributed by atoms with Crippen LogP contribution in [0, 0.1) is 0 Å². The summed E-state index contributed by atoms with van der Waals surface area (Å²) < 4.78 is 0. The SMILES string of the molecule is CC1(O)C2=CCC=CC=C2c2ccccc21. The zero-order valence-corrected chi connectivity index (χ0v) is 9.27. The van der Waals surface area contributed by atoms with Crippen molar-refractivity contribution in [2.24, 2.45) is 0 Å². The maximum absolute atomic E-state index is 10.6. The van der Waals surface area contributed by atoms with Crippen LogP contribution in [0.15, 0.2) is 54.1 Å². The Balaban J connectivity index is 2.33. The summed E-state index contributed by atoms with van der Waals surface area (Å²) in [6, 6.07) is 8.09. The highest BCUT2D eigenvalue weighted by atomic mass is 16.3. The van der Waals surface area contributed by atoms with Crippen molar-refractivity contribution in [2.75, 3.05) is 0 Å². The second-order valence-electron chi connectivity index (χ2n) is 4.48. The van der Waals surface area contributed by atoms with Crippen molar-refractivity contribution in [2.45, 2.75) is 18.9 Å². The third-order valence-electron chi connectivity index (χ3n) is 3.41.